The van der Waals surface area contributed by atoms with E-state index in [-0.39, 0.29) is 12.0 Å². The minimum atomic E-state index is -0.0612. The van der Waals surface area contributed by atoms with Crippen LogP contribution < -0.4 is 0 Å². The highest BCUT2D eigenvalue weighted by Gasteiger charge is 2.24. The quantitative estimate of drug-likeness (QED) is 0.911. The molecule has 0 radical (unpaired) electrons. The van der Waals surface area contributed by atoms with Crippen LogP contribution >= 0.6 is 0 Å². The molecule has 0 unspecified atom stereocenters. The van der Waals surface area contributed by atoms with Gasteiger partial charge in [0.15, 0.2) is 0 Å². The highest BCUT2D eigenvalue weighted by atomic mass is 16.3. The molecule has 4 nitrogen and oxygen atoms in total. The molecule has 1 heterocycles. The minimum Gasteiger partial charge on any atom is -0.390 e. The van der Waals surface area contributed by atoms with E-state index in [4.69, 9.17) is 0 Å². The zero-order valence-corrected chi connectivity index (χ0v) is 12.5. The van der Waals surface area contributed by atoms with Crippen LogP contribution in [0, 0.1) is 0 Å². The number of nitrogens with zero attached hydrogens (tertiary/aromatic N) is 3. The molecule has 20 heavy (non-hydrogen) atoms. The molecule has 0 bridgehead atoms. The highest BCUT2D eigenvalue weighted by molar-refractivity contribution is 5.19. The van der Waals surface area contributed by atoms with Gasteiger partial charge >= 0.3 is 0 Å². The summed E-state index contributed by atoms with van der Waals surface area (Å²) in [5.41, 5.74) is 3.01. The van der Waals surface area contributed by atoms with Gasteiger partial charge in [-0.25, -0.2) is 4.68 Å². The second-order valence-corrected chi connectivity index (χ2v) is 6.11. The Balaban J connectivity index is 2.05. The smallest absolute Gasteiger partial charge is 0.112 e. The lowest BCUT2D eigenvalue weighted by Crippen LogP contribution is -2.20. The Labute approximate surface area is 120 Å². The van der Waals surface area contributed by atoms with Crippen molar-refractivity contribution in [1.82, 2.24) is 15.0 Å². The predicted molar refractivity (Wildman–Crippen MR) is 79.4 cm³/mol. The molecule has 0 saturated heterocycles. The SMILES string of the molecule is CC(C)(C)c1c(CO)nnn1CCCc1ccccc1. The van der Waals surface area contributed by atoms with Crippen molar-refractivity contribution in [2.24, 2.45) is 0 Å². The maximum absolute atomic E-state index is 9.38. The Hall–Kier alpha value is -1.68. The number of benzene rings is 1. The van der Waals surface area contributed by atoms with Crippen LogP contribution in [0.3, 0.4) is 0 Å². The molecule has 0 aliphatic rings. The molecule has 4 heteroatoms. The molecule has 0 aliphatic heterocycles. The maximum atomic E-state index is 9.38. The van der Waals surface area contributed by atoms with Crippen LogP contribution in [0.1, 0.15) is 44.1 Å². The fourth-order valence-corrected chi connectivity index (χ4v) is 2.51. The molecule has 0 spiro atoms. The van der Waals surface area contributed by atoms with E-state index in [1.165, 1.54) is 5.56 Å². The number of aliphatic hydroxyl groups is 1. The molecular formula is C16H23N3O. The van der Waals surface area contributed by atoms with Crippen LogP contribution in [0.25, 0.3) is 0 Å². The van der Waals surface area contributed by atoms with Gasteiger partial charge in [-0.2, -0.15) is 0 Å². The lowest BCUT2D eigenvalue weighted by Gasteiger charge is -2.20. The third kappa shape index (κ3) is 3.45. The van der Waals surface area contributed by atoms with E-state index in [2.05, 4.69) is 55.3 Å². The largest absolute Gasteiger partial charge is 0.390 e. The number of aromatic nitrogens is 3. The Kier molecular flexibility index (Phi) is 4.55. The average Bonchev–Trinajstić information content (AvgIpc) is 2.83. The topological polar surface area (TPSA) is 50.9 Å². The Morgan fingerprint density at radius 2 is 1.85 bits per heavy atom. The summed E-state index contributed by atoms with van der Waals surface area (Å²) in [4.78, 5) is 0. The number of aliphatic hydroxyl groups excluding tert-OH is 1. The van der Waals surface area contributed by atoms with Gasteiger partial charge in [0.1, 0.15) is 5.69 Å². The fraction of sp³-hybridized carbons (Fsp3) is 0.500. The average molecular weight is 273 g/mol. The van der Waals surface area contributed by atoms with Crippen LogP contribution in [0.4, 0.5) is 0 Å². The molecule has 0 saturated carbocycles. The number of hydrogen-bond acceptors (Lipinski definition) is 3. The molecule has 1 aromatic carbocycles. The molecule has 108 valence electrons. The summed E-state index contributed by atoms with van der Waals surface area (Å²) < 4.78 is 1.94. The zero-order valence-electron chi connectivity index (χ0n) is 12.5. The molecule has 0 aliphatic carbocycles. The van der Waals surface area contributed by atoms with Crippen molar-refractivity contribution in [1.29, 1.82) is 0 Å². The van der Waals surface area contributed by atoms with Crippen molar-refractivity contribution < 1.29 is 5.11 Å². The van der Waals surface area contributed by atoms with Crippen molar-refractivity contribution in [2.75, 3.05) is 0 Å². The second-order valence-electron chi connectivity index (χ2n) is 6.11. The lowest BCUT2D eigenvalue weighted by molar-refractivity contribution is 0.273. The van der Waals surface area contributed by atoms with Gasteiger partial charge in [-0.1, -0.05) is 56.3 Å². The monoisotopic (exact) mass is 273 g/mol. The summed E-state index contributed by atoms with van der Waals surface area (Å²) >= 11 is 0. The number of aryl methyl sites for hydroxylation is 2. The molecule has 0 atom stereocenters. The van der Waals surface area contributed by atoms with E-state index in [0.29, 0.717) is 5.69 Å². The van der Waals surface area contributed by atoms with Crippen LogP contribution in [0.15, 0.2) is 30.3 Å². The van der Waals surface area contributed by atoms with Crippen molar-refractivity contribution in [3.63, 3.8) is 0 Å². The molecule has 2 rings (SSSR count). The normalized spacial score (nSPS) is 11.8. The third-order valence-electron chi connectivity index (χ3n) is 3.34. The molecular weight excluding hydrogens is 250 g/mol. The van der Waals surface area contributed by atoms with E-state index in [9.17, 15) is 5.11 Å². The summed E-state index contributed by atoms with van der Waals surface area (Å²) in [7, 11) is 0. The van der Waals surface area contributed by atoms with Crippen molar-refractivity contribution in [2.45, 2.75) is 52.2 Å². The Morgan fingerprint density at radius 3 is 2.45 bits per heavy atom. The first-order valence-electron chi connectivity index (χ1n) is 7.10. The fourth-order valence-electron chi connectivity index (χ4n) is 2.51. The van der Waals surface area contributed by atoms with Gasteiger partial charge in [0, 0.05) is 12.0 Å². The Morgan fingerprint density at radius 1 is 1.15 bits per heavy atom. The van der Waals surface area contributed by atoms with Crippen LogP contribution in [0.2, 0.25) is 0 Å². The van der Waals surface area contributed by atoms with Gasteiger partial charge in [0.25, 0.3) is 0 Å². The number of hydrogen-bond donors (Lipinski definition) is 1. The van der Waals surface area contributed by atoms with Gasteiger partial charge in [-0.15, -0.1) is 5.10 Å². The van der Waals surface area contributed by atoms with Crippen molar-refractivity contribution in [3.8, 4) is 0 Å². The van der Waals surface area contributed by atoms with Gasteiger partial charge in [0.05, 0.1) is 12.3 Å². The summed E-state index contributed by atoms with van der Waals surface area (Å²) in [6, 6.07) is 10.5. The first-order valence-corrected chi connectivity index (χ1v) is 7.10. The van der Waals surface area contributed by atoms with Crippen molar-refractivity contribution in [3.05, 3.63) is 47.3 Å². The predicted octanol–water partition coefficient (Wildman–Crippen LogP) is 2.70. The Bertz CT molecular complexity index is 541. The summed E-state index contributed by atoms with van der Waals surface area (Å²) in [6.45, 7) is 7.15. The number of rotatable bonds is 5. The van der Waals surface area contributed by atoms with E-state index in [1.807, 2.05) is 10.7 Å². The van der Waals surface area contributed by atoms with Gasteiger partial charge < -0.3 is 5.11 Å². The second kappa shape index (κ2) is 6.18. The van der Waals surface area contributed by atoms with E-state index in [1.54, 1.807) is 0 Å². The molecule has 1 aromatic heterocycles. The van der Waals surface area contributed by atoms with Gasteiger partial charge in [0.2, 0.25) is 0 Å². The summed E-state index contributed by atoms with van der Waals surface area (Å²) in [5.74, 6) is 0. The first kappa shape index (κ1) is 14.7. The standard InChI is InChI=1S/C16H23N3O/c1-16(2,3)15-14(12-20)17-18-19(15)11-7-10-13-8-5-4-6-9-13/h4-6,8-9,20H,7,10-12H2,1-3H3. The van der Waals surface area contributed by atoms with Gasteiger partial charge in [-0.3, -0.25) is 0 Å². The van der Waals surface area contributed by atoms with E-state index in [0.717, 1.165) is 25.1 Å². The van der Waals surface area contributed by atoms with E-state index < -0.39 is 0 Å². The molecule has 1 N–H and O–H groups in total. The molecule has 2 aromatic rings. The molecule has 0 fully saturated rings. The summed E-state index contributed by atoms with van der Waals surface area (Å²) in [6.07, 6.45) is 2.04. The first-order chi connectivity index (χ1) is 9.52. The van der Waals surface area contributed by atoms with Crippen LogP contribution in [-0.2, 0) is 25.0 Å². The summed E-state index contributed by atoms with van der Waals surface area (Å²) in [5, 5.41) is 17.7. The highest BCUT2D eigenvalue weighted by Crippen LogP contribution is 2.24. The van der Waals surface area contributed by atoms with Crippen LogP contribution in [0.5, 0.6) is 0 Å². The van der Waals surface area contributed by atoms with E-state index >= 15 is 0 Å². The maximum Gasteiger partial charge on any atom is 0.112 e. The van der Waals surface area contributed by atoms with Crippen molar-refractivity contribution >= 4 is 0 Å². The van der Waals surface area contributed by atoms with Gasteiger partial charge in [-0.05, 0) is 18.4 Å². The molecule has 0 amide bonds. The third-order valence-corrected chi connectivity index (χ3v) is 3.34. The van der Waals surface area contributed by atoms with Crippen LogP contribution in [-0.4, -0.2) is 20.1 Å². The lowest BCUT2D eigenvalue weighted by atomic mass is 9.90. The minimum absolute atomic E-state index is 0.0503. The zero-order chi connectivity index (χ0) is 14.6.